The number of rotatable bonds is 11. The first kappa shape index (κ1) is 24.6. The Bertz CT molecular complexity index is 874. The molecule has 1 atom stereocenters. The summed E-state index contributed by atoms with van der Waals surface area (Å²) in [6, 6.07) is 7.14. The van der Waals surface area contributed by atoms with E-state index in [-0.39, 0.29) is 25.5 Å². The Balaban J connectivity index is 2.35. The second-order valence-electron chi connectivity index (χ2n) is 7.26. The molecule has 2 rings (SSSR count). The molecule has 1 amide bonds. The van der Waals surface area contributed by atoms with Crippen molar-refractivity contribution in [3.8, 4) is 0 Å². The SMILES string of the molecule is C=C/C=C(/COC(=O)C1=C(C)N(CCCCCO)C(=O)C[C@@H]1c1ccc(Cl)cc1)N=C. The quantitative estimate of drug-likeness (QED) is 0.237. The van der Waals surface area contributed by atoms with Gasteiger partial charge in [0.1, 0.15) is 6.61 Å². The maximum absolute atomic E-state index is 13.1. The molecule has 31 heavy (non-hydrogen) atoms. The molecule has 0 spiro atoms. The maximum atomic E-state index is 13.1. The molecule has 166 valence electrons. The van der Waals surface area contributed by atoms with Crippen LogP contribution in [-0.2, 0) is 14.3 Å². The van der Waals surface area contributed by atoms with E-state index in [1.165, 1.54) is 0 Å². The lowest BCUT2D eigenvalue weighted by atomic mass is 9.83. The van der Waals surface area contributed by atoms with Crippen LogP contribution in [0, 0.1) is 0 Å². The van der Waals surface area contributed by atoms with E-state index in [0.29, 0.717) is 35.0 Å². The van der Waals surface area contributed by atoms with Crippen molar-refractivity contribution in [2.75, 3.05) is 19.8 Å². The van der Waals surface area contributed by atoms with Crippen molar-refractivity contribution in [1.29, 1.82) is 0 Å². The lowest BCUT2D eigenvalue weighted by molar-refractivity contribution is -0.139. The molecule has 1 aromatic carbocycles. The van der Waals surface area contributed by atoms with E-state index in [2.05, 4.69) is 18.3 Å². The molecular weight excluding hydrogens is 416 g/mol. The average molecular weight is 445 g/mol. The predicted octanol–water partition coefficient (Wildman–Crippen LogP) is 4.41. The summed E-state index contributed by atoms with van der Waals surface area (Å²) < 4.78 is 5.52. The summed E-state index contributed by atoms with van der Waals surface area (Å²) in [6.07, 6.45) is 5.56. The van der Waals surface area contributed by atoms with Crippen LogP contribution in [0.5, 0.6) is 0 Å². The highest BCUT2D eigenvalue weighted by atomic mass is 35.5. The zero-order valence-electron chi connectivity index (χ0n) is 17.8. The molecule has 7 heteroatoms. The number of hydrogen-bond acceptors (Lipinski definition) is 5. The molecular formula is C24H29ClN2O4. The topological polar surface area (TPSA) is 79.2 Å². The van der Waals surface area contributed by atoms with Crippen molar-refractivity contribution >= 4 is 30.2 Å². The second kappa shape index (κ2) is 12.2. The average Bonchev–Trinajstić information content (AvgIpc) is 2.76. The van der Waals surface area contributed by atoms with Crippen molar-refractivity contribution < 1.29 is 19.4 Å². The number of ether oxygens (including phenoxy) is 1. The molecule has 0 saturated heterocycles. The van der Waals surface area contributed by atoms with Crippen molar-refractivity contribution in [2.45, 2.75) is 38.5 Å². The van der Waals surface area contributed by atoms with E-state index >= 15 is 0 Å². The van der Waals surface area contributed by atoms with E-state index in [1.807, 2.05) is 12.1 Å². The predicted molar refractivity (Wildman–Crippen MR) is 123 cm³/mol. The van der Waals surface area contributed by atoms with Crippen LogP contribution in [-0.4, -0.2) is 48.4 Å². The number of benzene rings is 1. The Morgan fingerprint density at radius 2 is 2.03 bits per heavy atom. The first-order valence-electron chi connectivity index (χ1n) is 10.3. The van der Waals surface area contributed by atoms with Crippen LogP contribution >= 0.6 is 11.6 Å². The summed E-state index contributed by atoms with van der Waals surface area (Å²) >= 11 is 6.02. The van der Waals surface area contributed by atoms with Crippen molar-refractivity contribution in [3.63, 3.8) is 0 Å². The van der Waals surface area contributed by atoms with Gasteiger partial charge < -0.3 is 14.7 Å². The molecule has 1 aromatic rings. The van der Waals surface area contributed by atoms with Gasteiger partial charge in [0.05, 0.1) is 11.3 Å². The molecule has 0 fully saturated rings. The Morgan fingerprint density at radius 3 is 2.65 bits per heavy atom. The van der Waals surface area contributed by atoms with Crippen molar-refractivity contribution in [2.24, 2.45) is 4.99 Å². The Kier molecular flexibility index (Phi) is 9.69. The number of halogens is 1. The molecule has 0 aromatic heterocycles. The number of aliphatic hydroxyl groups is 1. The summed E-state index contributed by atoms with van der Waals surface area (Å²) in [5.74, 6) is -0.962. The molecule has 0 radical (unpaired) electrons. The van der Waals surface area contributed by atoms with Gasteiger partial charge >= 0.3 is 5.97 Å². The molecule has 0 saturated carbocycles. The molecule has 0 bridgehead atoms. The van der Waals surface area contributed by atoms with E-state index in [0.717, 1.165) is 18.4 Å². The zero-order valence-corrected chi connectivity index (χ0v) is 18.6. The van der Waals surface area contributed by atoms with Crippen molar-refractivity contribution in [3.05, 3.63) is 70.5 Å². The van der Waals surface area contributed by atoms with Gasteiger partial charge in [0, 0.05) is 36.2 Å². The van der Waals surface area contributed by atoms with E-state index < -0.39 is 11.9 Å². The van der Waals surface area contributed by atoms with Crippen LogP contribution in [0.4, 0.5) is 0 Å². The molecule has 6 nitrogen and oxygen atoms in total. The summed E-state index contributed by atoms with van der Waals surface area (Å²) in [6.45, 7) is 9.43. The van der Waals surface area contributed by atoms with Gasteiger partial charge in [-0.1, -0.05) is 36.4 Å². The summed E-state index contributed by atoms with van der Waals surface area (Å²) in [7, 11) is 0. The third-order valence-corrected chi connectivity index (χ3v) is 5.47. The van der Waals surface area contributed by atoms with Gasteiger partial charge in [-0.25, -0.2) is 4.79 Å². The van der Waals surface area contributed by atoms with Gasteiger partial charge in [0.25, 0.3) is 0 Å². The molecule has 0 unspecified atom stereocenters. The highest BCUT2D eigenvalue weighted by Gasteiger charge is 2.36. The fraction of sp³-hybridized carbons (Fsp3) is 0.375. The molecule has 1 heterocycles. The lowest BCUT2D eigenvalue weighted by Gasteiger charge is -2.34. The third-order valence-electron chi connectivity index (χ3n) is 5.22. The monoisotopic (exact) mass is 444 g/mol. The first-order valence-corrected chi connectivity index (χ1v) is 10.6. The standard InChI is InChI=1S/C24H29ClN2O4/c1-4-8-20(26-3)16-31-24(30)23-17(2)27(13-6-5-7-14-28)22(29)15-21(23)18-9-11-19(25)12-10-18/h4,8-12,21,28H,1,3,5-7,13-16H2,2H3/b20-8-/t21-/m1/s1. The largest absolute Gasteiger partial charge is 0.456 e. The molecule has 0 aliphatic carbocycles. The summed E-state index contributed by atoms with van der Waals surface area (Å²) in [5, 5.41) is 9.56. The number of carbonyl (C=O) groups is 2. The summed E-state index contributed by atoms with van der Waals surface area (Å²) in [5.41, 5.74) is 2.35. The van der Waals surface area contributed by atoms with Crippen LogP contribution in [0.3, 0.4) is 0 Å². The minimum absolute atomic E-state index is 0.0388. The number of carbonyl (C=O) groups excluding carboxylic acids is 2. The van der Waals surface area contributed by atoms with Gasteiger partial charge in [-0.2, -0.15) is 0 Å². The van der Waals surface area contributed by atoms with Crippen LogP contribution in [0.1, 0.15) is 44.1 Å². The Morgan fingerprint density at radius 1 is 1.32 bits per heavy atom. The third kappa shape index (κ3) is 6.64. The highest BCUT2D eigenvalue weighted by Crippen LogP contribution is 2.37. The fourth-order valence-corrected chi connectivity index (χ4v) is 3.72. The highest BCUT2D eigenvalue weighted by molar-refractivity contribution is 6.30. The van der Waals surface area contributed by atoms with E-state index in [9.17, 15) is 9.59 Å². The number of unbranched alkanes of at least 4 members (excludes halogenated alkanes) is 2. The number of esters is 1. The molecule has 1 N–H and O–H groups in total. The summed E-state index contributed by atoms with van der Waals surface area (Å²) in [4.78, 5) is 31.5. The van der Waals surface area contributed by atoms with Gasteiger partial charge in [0.2, 0.25) is 5.91 Å². The van der Waals surface area contributed by atoms with E-state index in [1.54, 1.807) is 36.1 Å². The Hall–Kier alpha value is -2.70. The minimum Gasteiger partial charge on any atom is -0.456 e. The minimum atomic E-state index is -0.496. The van der Waals surface area contributed by atoms with Crippen LogP contribution in [0.15, 0.2) is 65.0 Å². The normalized spacial score (nSPS) is 17.0. The first-order chi connectivity index (χ1) is 14.9. The number of hydrogen-bond donors (Lipinski definition) is 1. The number of aliphatic imine (C=N–C) groups is 1. The number of allylic oxidation sites excluding steroid dienone is 3. The second-order valence-corrected chi connectivity index (χ2v) is 7.70. The van der Waals surface area contributed by atoms with E-state index in [4.69, 9.17) is 21.4 Å². The number of nitrogens with zero attached hydrogens (tertiary/aromatic N) is 2. The van der Waals surface area contributed by atoms with Gasteiger partial charge in [-0.05, 0) is 56.7 Å². The fourth-order valence-electron chi connectivity index (χ4n) is 3.59. The lowest BCUT2D eigenvalue weighted by Crippen LogP contribution is -2.39. The van der Waals surface area contributed by atoms with Crippen molar-refractivity contribution in [1.82, 2.24) is 4.90 Å². The Labute approximate surface area is 188 Å². The molecule has 1 aliphatic heterocycles. The van der Waals surface area contributed by atoms with Crippen LogP contribution in [0.25, 0.3) is 0 Å². The smallest absolute Gasteiger partial charge is 0.336 e. The molecule has 1 aliphatic rings. The maximum Gasteiger partial charge on any atom is 0.336 e. The van der Waals surface area contributed by atoms with Crippen LogP contribution < -0.4 is 0 Å². The van der Waals surface area contributed by atoms with Gasteiger partial charge in [-0.15, -0.1) is 0 Å². The van der Waals surface area contributed by atoms with Gasteiger partial charge in [0.15, 0.2) is 0 Å². The van der Waals surface area contributed by atoms with Crippen LogP contribution in [0.2, 0.25) is 5.02 Å². The van der Waals surface area contributed by atoms with Gasteiger partial charge in [-0.3, -0.25) is 9.79 Å². The number of amides is 1. The zero-order chi connectivity index (χ0) is 22.8. The number of aliphatic hydroxyl groups excluding tert-OH is 1.